The predicted octanol–water partition coefficient (Wildman–Crippen LogP) is 1.07. The smallest absolute Gasteiger partial charge is 0.326 e. The van der Waals surface area contributed by atoms with E-state index in [2.05, 4.69) is 5.32 Å². The first-order chi connectivity index (χ1) is 8.56. The number of hydrogen-bond donors (Lipinski definition) is 3. The number of amides is 1. The van der Waals surface area contributed by atoms with E-state index in [9.17, 15) is 9.59 Å². The number of nitrogens with one attached hydrogen (secondary N) is 1. The van der Waals surface area contributed by atoms with Gasteiger partial charge in [-0.05, 0) is 29.9 Å². The maximum absolute atomic E-state index is 11.8. The molecule has 2 atom stereocenters. The quantitative estimate of drug-likeness (QED) is 0.698. The third kappa shape index (κ3) is 4.32. The molecule has 0 saturated heterocycles. The lowest BCUT2D eigenvalue weighted by Crippen LogP contribution is -2.45. The topological polar surface area (TPSA) is 92.4 Å². The predicted molar refractivity (Wildman–Crippen MR) is 73.8 cm³/mol. The monoisotopic (exact) mass is 288 g/mol. The minimum absolute atomic E-state index is 0.388. The van der Waals surface area contributed by atoms with Crippen LogP contribution in [0, 0.1) is 0 Å². The number of hydrogen-bond acceptors (Lipinski definition) is 5. The van der Waals surface area contributed by atoms with Crippen LogP contribution in [0.1, 0.15) is 17.3 Å². The Morgan fingerprint density at radius 1 is 1.61 bits per heavy atom. The second-order valence-electron chi connectivity index (χ2n) is 3.67. The molecule has 7 heteroatoms. The molecule has 1 amide bonds. The highest BCUT2D eigenvalue weighted by Crippen LogP contribution is 2.17. The summed E-state index contributed by atoms with van der Waals surface area (Å²) in [4.78, 5) is 23.5. The lowest BCUT2D eigenvalue weighted by atomic mass is 10.2. The van der Waals surface area contributed by atoms with Gasteiger partial charge in [-0.2, -0.15) is 11.8 Å². The van der Waals surface area contributed by atoms with Crippen LogP contribution in [0.4, 0.5) is 0 Å². The van der Waals surface area contributed by atoms with Gasteiger partial charge < -0.3 is 16.2 Å². The fraction of sp³-hybridized carbons (Fsp3) is 0.455. The number of aliphatic carboxylic acids is 1. The molecule has 1 rings (SSSR count). The SMILES string of the molecule is CSCC[C@H](NC(=O)C(N)c1cccs1)C(=O)O. The Hall–Kier alpha value is -1.05. The Balaban J connectivity index is 2.58. The van der Waals surface area contributed by atoms with Gasteiger partial charge in [-0.25, -0.2) is 4.79 Å². The zero-order chi connectivity index (χ0) is 13.5. The summed E-state index contributed by atoms with van der Waals surface area (Å²) in [6.07, 6.45) is 2.28. The number of thioether (sulfide) groups is 1. The molecule has 0 radical (unpaired) electrons. The van der Waals surface area contributed by atoms with Crippen LogP contribution < -0.4 is 11.1 Å². The van der Waals surface area contributed by atoms with Crippen LogP contribution in [0.5, 0.6) is 0 Å². The molecule has 0 aromatic carbocycles. The number of carboxylic acids is 1. The van der Waals surface area contributed by atoms with Crippen molar-refractivity contribution in [3.05, 3.63) is 22.4 Å². The summed E-state index contributed by atoms with van der Waals surface area (Å²) in [7, 11) is 0. The van der Waals surface area contributed by atoms with Gasteiger partial charge in [0.05, 0.1) is 0 Å². The summed E-state index contributed by atoms with van der Waals surface area (Å²) < 4.78 is 0. The molecule has 0 bridgehead atoms. The average Bonchev–Trinajstić information content (AvgIpc) is 2.86. The molecule has 0 saturated carbocycles. The maximum Gasteiger partial charge on any atom is 0.326 e. The van der Waals surface area contributed by atoms with Crippen molar-refractivity contribution in [2.24, 2.45) is 5.73 Å². The number of rotatable bonds is 7. The van der Waals surface area contributed by atoms with E-state index >= 15 is 0 Å². The van der Waals surface area contributed by atoms with Crippen LogP contribution in [0.3, 0.4) is 0 Å². The first-order valence-electron chi connectivity index (χ1n) is 5.37. The highest BCUT2D eigenvalue weighted by atomic mass is 32.2. The van der Waals surface area contributed by atoms with Crippen molar-refractivity contribution in [1.29, 1.82) is 0 Å². The Labute approximate surface area is 114 Å². The van der Waals surface area contributed by atoms with Crippen molar-refractivity contribution >= 4 is 35.0 Å². The maximum atomic E-state index is 11.8. The molecule has 1 aromatic heterocycles. The average molecular weight is 288 g/mol. The standard InChI is InChI=1S/C11H16N2O3S2/c1-17-6-4-7(11(15)16)13-10(14)9(12)8-3-2-5-18-8/h2-3,5,7,9H,4,6,12H2,1H3,(H,13,14)(H,15,16)/t7-,9?/m0/s1. The van der Waals surface area contributed by atoms with E-state index in [0.29, 0.717) is 12.2 Å². The first kappa shape index (κ1) is 15.0. The van der Waals surface area contributed by atoms with Crippen molar-refractivity contribution in [3.63, 3.8) is 0 Å². The summed E-state index contributed by atoms with van der Waals surface area (Å²) in [6.45, 7) is 0. The molecule has 5 nitrogen and oxygen atoms in total. The van der Waals surface area contributed by atoms with Crippen LogP contribution in [0.25, 0.3) is 0 Å². The van der Waals surface area contributed by atoms with Crippen LogP contribution in [0.15, 0.2) is 17.5 Å². The zero-order valence-corrected chi connectivity index (χ0v) is 11.6. The molecule has 1 heterocycles. The van der Waals surface area contributed by atoms with Crippen molar-refractivity contribution in [2.45, 2.75) is 18.5 Å². The first-order valence-corrected chi connectivity index (χ1v) is 7.64. The summed E-state index contributed by atoms with van der Waals surface area (Å²) in [6, 6.07) is 1.87. The lowest BCUT2D eigenvalue weighted by molar-refractivity contribution is -0.142. The van der Waals surface area contributed by atoms with E-state index in [0.717, 1.165) is 4.88 Å². The molecule has 0 spiro atoms. The van der Waals surface area contributed by atoms with Gasteiger partial charge in [0.1, 0.15) is 12.1 Å². The largest absolute Gasteiger partial charge is 0.480 e. The zero-order valence-electron chi connectivity index (χ0n) is 9.96. The minimum Gasteiger partial charge on any atom is -0.480 e. The summed E-state index contributed by atoms with van der Waals surface area (Å²) in [5, 5.41) is 13.3. The van der Waals surface area contributed by atoms with Gasteiger partial charge in [0.2, 0.25) is 5.91 Å². The number of thiophene rings is 1. The molecular weight excluding hydrogens is 272 g/mol. The molecule has 4 N–H and O–H groups in total. The highest BCUT2D eigenvalue weighted by molar-refractivity contribution is 7.98. The van der Waals surface area contributed by atoms with Gasteiger partial charge in [0.25, 0.3) is 0 Å². The minimum atomic E-state index is -1.03. The Bertz CT molecular complexity index is 395. The van der Waals surface area contributed by atoms with Crippen LogP contribution >= 0.6 is 23.1 Å². The van der Waals surface area contributed by atoms with E-state index < -0.39 is 24.0 Å². The molecule has 0 aliphatic rings. The molecule has 0 aliphatic heterocycles. The second-order valence-corrected chi connectivity index (χ2v) is 5.64. The lowest BCUT2D eigenvalue weighted by Gasteiger charge is -2.16. The van der Waals surface area contributed by atoms with E-state index in [1.54, 1.807) is 12.1 Å². The van der Waals surface area contributed by atoms with E-state index in [1.165, 1.54) is 23.1 Å². The molecular formula is C11H16N2O3S2. The summed E-state index contributed by atoms with van der Waals surface area (Å²) >= 11 is 2.91. The van der Waals surface area contributed by atoms with E-state index in [-0.39, 0.29) is 0 Å². The number of carbonyl (C=O) groups is 2. The fourth-order valence-corrected chi connectivity index (χ4v) is 2.55. The van der Waals surface area contributed by atoms with Gasteiger partial charge in [0, 0.05) is 4.88 Å². The van der Waals surface area contributed by atoms with Crippen molar-refractivity contribution in [2.75, 3.05) is 12.0 Å². The molecule has 18 heavy (non-hydrogen) atoms. The molecule has 1 unspecified atom stereocenters. The van der Waals surface area contributed by atoms with Crippen LogP contribution in [0.2, 0.25) is 0 Å². The third-order valence-electron chi connectivity index (χ3n) is 2.36. The van der Waals surface area contributed by atoms with Gasteiger partial charge in [-0.15, -0.1) is 11.3 Å². The third-order valence-corrected chi connectivity index (χ3v) is 3.96. The van der Waals surface area contributed by atoms with Gasteiger partial charge in [-0.3, -0.25) is 4.79 Å². The molecule has 0 fully saturated rings. The van der Waals surface area contributed by atoms with Crippen molar-refractivity contribution in [3.8, 4) is 0 Å². The van der Waals surface area contributed by atoms with E-state index in [4.69, 9.17) is 10.8 Å². The number of carboxylic acid groups (broad SMARTS) is 1. The van der Waals surface area contributed by atoms with Crippen molar-refractivity contribution < 1.29 is 14.7 Å². The second kappa shape index (κ2) is 7.40. The summed E-state index contributed by atoms with van der Waals surface area (Å²) in [5.74, 6) is -0.812. The Kier molecular flexibility index (Phi) is 6.17. The van der Waals surface area contributed by atoms with Crippen molar-refractivity contribution in [1.82, 2.24) is 5.32 Å². The summed E-state index contributed by atoms with van der Waals surface area (Å²) in [5.41, 5.74) is 5.76. The van der Waals surface area contributed by atoms with Gasteiger partial charge >= 0.3 is 5.97 Å². The Morgan fingerprint density at radius 2 is 2.33 bits per heavy atom. The van der Waals surface area contributed by atoms with Crippen LogP contribution in [-0.4, -0.2) is 35.0 Å². The molecule has 100 valence electrons. The van der Waals surface area contributed by atoms with Gasteiger partial charge in [0.15, 0.2) is 0 Å². The molecule has 0 aliphatic carbocycles. The van der Waals surface area contributed by atoms with E-state index in [1.807, 2.05) is 11.6 Å². The van der Waals surface area contributed by atoms with Crippen LogP contribution in [-0.2, 0) is 9.59 Å². The van der Waals surface area contributed by atoms with Gasteiger partial charge in [-0.1, -0.05) is 6.07 Å². The molecule has 1 aromatic rings. The number of carbonyl (C=O) groups excluding carboxylic acids is 1. The highest BCUT2D eigenvalue weighted by Gasteiger charge is 2.24. The number of nitrogens with two attached hydrogens (primary N) is 1. The Morgan fingerprint density at radius 3 is 2.83 bits per heavy atom. The normalized spacial score (nSPS) is 13.9. The fourth-order valence-electron chi connectivity index (χ4n) is 1.35.